The molecule has 0 heterocycles. The number of carboxylic acids is 1. The Morgan fingerprint density at radius 1 is 1.35 bits per heavy atom. The third kappa shape index (κ3) is 4.32. The molecule has 5 heteroatoms. The lowest BCUT2D eigenvalue weighted by Gasteiger charge is -2.14. The number of carbonyl (C=O) groups is 2. The number of benzene rings is 1. The van der Waals surface area contributed by atoms with Crippen LogP contribution in [0.3, 0.4) is 0 Å². The Morgan fingerprint density at radius 2 is 2.10 bits per heavy atom. The zero-order chi connectivity index (χ0) is 15.0. The molecule has 0 aliphatic rings. The maximum atomic E-state index is 10.9. The third-order valence-corrected chi connectivity index (χ3v) is 2.27. The lowest BCUT2D eigenvalue weighted by Crippen LogP contribution is -2.03. The van der Waals surface area contributed by atoms with Crippen LogP contribution < -0.4 is 9.47 Å². The predicted molar refractivity (Wildman–Crippen MR) is 73.3 cm³/mol. The van der Waals surface area contributed by atoms with Crippen molar-refractivity contribution in [2.24, 2.45) is 0 Å². The first-order valence-corrected chi connectivity index (χ1v) is 6.26. The van der Waals surface area contributed by atoms with E-state index in [0.29, 0.717) is 42.1 Å². The molecule has 0 atom stereocenters. The number of carboxylic acid groups (broad SMARTS) is 1. The molecular weight excluding hydrogens is 260 g/mol. The largest absolute Gasteiger partial charge is 0.490 e. The van der Waals surface area contributed by atoms with Gasteiger partial charge in [-0.05, 0) is 25.5 Å². The first-order valence-electron chi connectivity index (χ1n) is 6.26. The molecule has 0 fully saturated rings. The molecule has 0 amide bonds. The van der Waals surface area contributed by atoms with Crippen LogP contribution in [0, 0.1) is 11.8 Å². The summed E-state index contributed by atoms with van der Waals surface area (Å²) in [7, 11) is 0. The summed E-state index contributed by atoms with van der Waals surface area (Å²) in [5, 5.41) is 8.63. The van der Waals surface area contributed by atoms with Gasteiger partial charge in [0.1, 0.15) is 6.29 Å². The van der Waals surface area contributed by atoms with E-state index >= 15 is 0 Å². The molecule has 1 N–H and O–H groups in total. The minimum absolute atomic E-state index is 0.328. The molecule has 0 aliphatic carbocycles. The van der Waals surface area contributed by atoms with Gasteiger partial charge in [0.15, 0.2) is 11.5 Å². The highest BCUT2D eigenvalue weighted by Gasteiger charge is 2.12. The fourth-order valence-electron chi connectivity index (χ4n) is 1.52. The number of hydrogen-bond acceptors (Lipinski definition) is 4. The molecule has 0 aliphatic heterocycles. The second-order valence-corrected chi connectivity index (χ2v) is 3.85. The van der Waals surface area contributed by atoms with Crippen LogP contribution in [-0.4, -0.2) is 30.6 Å². The van der Waals surface area contributed by atoms with E-state index < -0.39 is 5.97 Å². The molecule has 5 nitrogen and oxygen atoms in total. The van der Waals surface area contributed by atoms with Crippen LogP contribution in [0.4, 0.5) is 0 Å². The zero-order valence-corrected chi connectivity index (χ0v) is 11.4. The Hall–Kier alpha value is -2.48. The number of aldehydes is 1. The number of hydrogen-bond donors (Lipinski definition) is 1. The van der Waals surface area contributed by atoms with E-state index in [0.717, 1.165) is 6.42 Å². The maximum absolute atomic E-state index is 10.9. The van der Waals surface area contributed by atoms with Crippen molar-refractivity contribution >= 4 is 12.3 Å². The highest BCUT2D eigenvalue weighted by Crippen LogP contribution is 2.32. The lowest BCUT2D eigenvalue weighted by atomic mass is 10.1. The van der Waals surface area contributed by atoms with Crippen LogP contribution in [0.15, 0.2) is 12.1 Å². The lowest BCUT2D eigenvalue weighted by molar-refractivity contribution is -0.130. The van der Waals surface area contributed by atoms with Crippen LogP contribution >= 0.6 is 0 Å². The number of ether oxygens (including phenoxy) is 2. The third-order valence-electron chi connectivity index (χ3n) is 2.27. The summed E-state index contributed by atoms with van der Waals surface area (Å²) < 4.78 is 11.0. The van der Waals surface area contributed by atoms with E-state index in [4.69, 9.17) is 14.6 Å². The van der Waals surface area contributed by atoms with Crippen molar-refractivity contribution in [3.8, 4) is 23.3 Å². The number of rotatable bonds is 6. The number of carbonyl (C=O) groups excluding carboxylic acids is 1. The van der Waals surface area contributed by atoms with Crippen molar-refractivity contribution in [2.45, 2.75) is 20.3 Å². The quantitative estimate of drug-likeness (QED) is 0.636. The Bertz CT molecular complexity index is 551. The van der Waals surface area contributed by atoms with E-state index in [2.05, 4.69) is 5.92 Å². The van der Waals surface area contributed by atoms with Crippen LogP contribution in [0.1, 0.15) is 36.2 Å². The van der Waals surface area contributed by atoms with E-state index in [-0.39, 0.29) is 0 Å². The molecule has 0 radical (unpaired) electrons. The molecule has 20 heavy (non-hydrogen) atoms. The van der Waals surface area contributed by atoms with Crippen molar-refractivity contribution in [2.75, 3.05) is 13.2 Å². The van der Waals surface area contributed by atoms with E-state index in [1.807, 2.05) is 12.8 Å². The maximum Gasteiger partial charge on any atom is 0.382 e. The van der Waals surface area contributed by atoms with Crippen molar-refractivity contribution in [3.05, 3.63) is 23.3 Å². The van der Waals surface area contributed by atoms with Gasteiger partial charge in [-0.15, -0.1) is 0 Å². The van der Waals surface area contributed by atoms with Gasteiger partial charge < -0.3 is 14.6 Å². The van der Waals surface area contributed by atoms with E-state index in [1.54, 1.807) is 13.0 Å². The predicted octanol–water partition coefficient (Wildman–Crippen LogP) is 2.12. The minimum Gasteiger partial charge on any atom is -0.490 e. The van der Waals surface area contributed by atoms with Crippen molar-refractivity contribution in [1.82, 2.24) is 0 Å². The van der Waals surface area contributed by atoms with Gasteiger partial charge in [0.05, 0.1) is 18.8 Å². The molecule has 106 valence electrons. The number of aliphatic carboxylic acids is 1. The molecule has 0 saturated heterocycles. The Kier molecular flexibility index (Phi) is 6.11. The molecule has 0 unspecified atom stereocenters. The Morgan fingerprint density at radius 3 is 2.65 bits per heavy atom. The zero-order valence-electron chi connectivity index (χ0n) is 11.4. The van der Waals surface area contributed by atoms with Crippen molar-refractivity contribution < 1.29 is 24.2 Å². The summed E-state index contributed by atoms with van der Waals surface area (Å²) >= 11 is 0. The highest BCUT2D eigenvalue weighted by atomic mass is 16.5. The topological polar surface area (TPSA) is 72.8 Å². The second-order valence-electron chi connectivity index (χ2n) is 3.85. The van der Waals surface area contributed by atoms with Crippen molar-refractivity contribution in [3.63, 3.8) is 0 Å². The van der Waals surface area contributed by atoms with Crippen LogP contribution in [0.5, 0.6) is 11.5 Å². The summed E-state index contributed by atoms with van der Waals surface area (Å²) in [6.07, 6.45) is 1.44. The smallest absolute Gasteiger partial charge is 0.382 e. The SMILES string of the molecule is CCCOc1c(C#CC(=O)O)cc(C=O)cc1OCC. The van der Waals surface area contributed by atoms with Crippen LogP contribution in [0.2, 0.25) is 0 Å². The molecule has 0 aromatic heterocycles. The highest BCUT2D eigenvalue weighted by molar-refractivity contribution is 5.88. The molecule has 0 saturated carbocycles. The van der Waals surface area contributed by atoms with Crippen LogP contribution in [0.25, 0.3) is 0 Å². The normalized spacial score (nSPS) is 9.30. The van der Waals surface area contributed by atoms with Gasteiger partial charge in [-0.1, -0.05) is 12.8 Å². The van der Waals surface area contributed by atoms with E-state index in [1.165, 1.54) is 6.07 Å². The average molecular weight is 276 g/mol. The molecule has 0 spiro atoms. The van der Waals surface area contributed by atoms with E-state index in [9.17, 15) is 9.59 Å². The van der Waals surface area contributed by atoms with Crippen LogP contribution in [-0.2, 0) is 4.79 Å². The summed E-state index contributed by atoms with van der Waals surface area (Å²) in [4.78, 5) is 21.5. The van der Waals surface area contributed by atoms with Gasteiger partial charge in [-0.3, -0.25) is 4.79 Å². The first kappa shape index (κ1) is 15.6. The summed E-state index contributed by atoms with van der Waals surface area (Å²) in [6.45, 7) is 4.60. The standard InChI is InChI=1S/C15H16O5/c1-3-7-20-15-12(5-6-14(17)18)8-11(10-16)9-13(15)19-4-2/h8-10H,3-4,7H2,1-2H3,(H,17,18). The van der Waals surface area contributed by atoms with Gasteiger partial charge >= 0.3 is 5.97 Å². The Labute approximate surface area is 117 Å². The van der Waals surface area contributed by atoms with Gasteiger partial charge in [-0.2, -0.15) is 0 Å². The molecule has 1 aromatic carbocycles. The average Bonchev–Trinajstić information content (AvgIpc) is 2.43. The van der Waals surface area contributed by atoms with Gasteiger partial charge in [0.25, 0.3) is 0 Å². The fourth-order valence-corrected chi connectivity index (χ4v) is 1.52. The molecular formula is C15H16O5. The summed E-state index contributed by atoms with van der Waals surface area (Å²) in [5.41, 5.74) is 0.681. The summed E-state index contributed by atoms with van der Waals surface area (Å²) in [5.74, 6) is 4.00. The van der Waals surface area contributed by atoms with Crippen molar-refractivity contribution in [1.29, 1.82) is 0 Å². The fraction of sp³-hybridized carbons (Fsp3) is 0.333. The second kappa shape index (κ2) is 7.85. The van der Waals surface area contributed by atoms with Gasteiger partial charge in [0, 0.05) is 11.5 Å². The first-order chi connectivity index (χ1) is 9.62. The Balaban J connectivity index is 3.34. The molecule has 1 aromatic rings. The molecule has 1 rings (SSSR count). The monoisotopic (exact) mass is 276 g/mol. The molecule has 0 bridgehead atoms. The van der Waals surface area contributed by atoms with Gasteiger partial charge in [-0.25, -0.2) is 4.79 Å². The minimum atomic E-state index is -1.25. The summed E-state index contributed by atoms with van der Waals surface area (Å²) in [6, 6.07) is 3.03. The van der Waals surface area contributed by atoms with Gasteiger partial charge in [0.2, 0.25) is 0 Å².